The first-order chi connectivity index (χ1) is 12.5. The average Bonchev–Trinajstić information content (AvgIpc) is 2.67. The van der Waals surface area contributed by atoms with E-state index in [1.807, 2.05) is 0 Å². The lowest BCUT2D eigenvalue weighted by molar-refractivity contribution is 0.0696. The van der Waals surface area contributed by atoms with Gasteiger partial charge in [-0.25, -0.2) is 4.79 Å². The van der Waals surface area contributed by atoms with Crippen molar-refractivity contribution in [3.63, 3.8) is 0 Å². The fourth-order valence-electron chi connectivity index (χ4n) is 2.43. The van der Waals surface area contributed by atoms with E-state index >= 15 is 0 Å². The summed E-state index contributed by atoms with van der Waals surface area (Å²) in [6.45, 7) is 0.665. The summed E-state index contributed by atoms with van der Waals surface area (Å²) in [6.07, 6.45) is 0. The summed E-state index contributed by atoms with van der Waals surface area (Å²) >= 11 is 0. The van der Waals surface area contributed by atoms with Gasteiger partial charge in [0.1, 0.15) is 0 Å². The van der Waals surface area contributed by atoms with E-state index in [2.05, 4.69) is 0 Å². The van der Waals surface area contributed by atoms with E-state index in [-0.39, 0.29) is 11.5 Å². The number of carbonyl (C=O) groups is 2. The van der Waals surface area contributed by atoms with Crippen LogP contribution in [0.15, 0.2) is 42.5 Å². The van der Waals surface area contributed by atoms with Crippen LogP contribution in [0, 0.1) is 0 Å². The van der Waals surface area contributed by atoms with Crippen LogP contribution in [0.3, 0.4) is 0 Å². The minimum absolute atomic E-state index is 0.121. The van der Waals surface area contributed by atoms with Crippen molar-refractivity contribution in [2.24, 2.45) is 0 Å². The van der Waals surface area contributed by atoms with Gasteiger partial charge in [-0.2, -0.15) is 0 Å². The Labute approximate surface area is 151 Å². The molecule has 0 spiro atoms. The number of carboxylic acid groups (broad SMARTS) is 1. The van der Waals surface area contributed by atoms with Crippen molar-refractivity contribution in [1.29, 1.82) is 0 Å². The molecule has 0 heterocycles. The predicted molar refractivity (Wildman–Crippen MR) is 96.5 cm³/mol. The van der Waals surface area contributed by atoms with Gasteiger partial charge in [0.15, 0.2) is 11.5 Å². The zero-order chi connectivity index (χ0) is 19.1. The largest absolute Gasteiger partial charge is 0.493 e. The fourth-order valence-corrected chi connectivity index (χ4v) is 2.43. The topological polar surface area (TPSA) is 85.3 Å². The highest BCUT2D eigenvalue weighted by molar-refractivity contribution is 6.06. The first-order valence-corrected chi connectivity index (χ1v) is 7.88. The molecule has 7 nitrogen and oxygen atoms in total. The number of carbonyl (C=O) groups excluding carboxylic acids is 1. The maximum Gasteiger partial charge on any atom is 0.335 e. The maximum atomic E-state index is 12.9. The summed E-state index contributed by atoms with van der Waals surface area (Å²) in [5.74, 6) is -0.256. The molecule has 0 bridgehead atoms. The van der Waals surface area contributed by atoms with Crippen molar-refractivity contribution < 1.29 is 28.9 Å². The lowest BCUT2D eigenvalue weighted by atomic mass is 10.1. The van der Waals surface area contributed by atoms with E-state index in [0.29, 0.717) is 35.9 Å². The van der Waals surface area contributed by atoms with Gasteiger partial charge in [0.05, 0.1) is 26.4 Å². The van der Waals surface area contributed by atoms with E-state index in [0.717, 1.165) is 0 Å². The number of hydrogen-bond donors (Lipinski definition) is 1. The van der Waals surface area contributed by atoms with E-state index in [1.165, 1.54) is 38.5 Å². The Bertz CT molecular complexity index is 772. The summed E-state index contributed by atoms with van der Waals surface area (Å²) in [5, 5.41) is 8.99. The highest BCUT2D eigenvalue weighted by atomic mass is 16.5. The zero-order valence-electron chi connectivity index (χ0n) is 14.9. The zero-order valence-corrected chi connectivity index (χ0v) is 14.9. The number of aromatic carboxylic acids is 1. The second-order valence-corrected chi connectivity index (χ2v) is 5.37. The highest BCUT2D eigenvalue weighted by Crippen LogP contribution is 2.32. The first kappa shape index (κ1) is 19.3. The van der Waals surface area contributed by atoms with Gasteiger partial charge in [-0.05, 0) is 36.4 Å². The van der Waals surface area contributed by atoms with Crippen molar-refractivity contribution in [3.8, 4) is 11.5 Å². The van der Waals surface area contributed by atoms with Gasteiger partial charge in [-0.3, -0.25) is 4.79 Å². The molecule has 0 aliphatic heterocycles. The number of carboxylic acids is 1. The third-order valence-electron chi connectivity index (χ3n) is 3.82. The molecular weight excluding hydrogens is 338 g/mol. The lowest BCUT2D eigenvalue weighted by Gasteiger charge is -2.23. The molecule has 0 unspecified atom stereocenters. The molecule has 0 atom stereocenters. The number of hydrogen-bond acceptors (Lipinski definition) is 5. The van der Waals surface area contributed by atoms with Crippen LogP contribution in [0.1, 0.15) is 20.7 Å². The number of anilines is 1. The van der Waals surface area contributed by atoms with Crippen molar-refractivity contribution in [3.05, 3.63) is 53.6 Å². The van der Waals surface area contributed by atoms with Gasteiger partial charge in [-0.15, -0.1) is 0 Å². The van der Waals surface area contributed by atoms with Gasteiger partial charge < -0.3 is 24.2 Å². The monoisotopic (exact) mass is 359 g/mol. The molecular formula is C19H21NO6. The van der Waals surface area contributed by atoms with Crippen LogP contribution >= 0.6 is 0 Å². The van der Waals surface area contributed by atoms with E-state index in [1.54, 1.807) is 30.2 Å². The Morgan fingerprint density at radius 1 is 0.923 bits per heavy atom. The molecule has 1 amide bonds. The van der Waals surface area contributed by atoms with Crippen LogP contribution in [0.25, 0.3) is 0 Å². The normalized spacial score (nSPS) is 10.3. The van der Waals surface area contributed by atoms with E-state index in [9.17, 15) is 9.59 Å². The lowest BCUT2D eigenvalue weighted by Crippen LogP contribution is -2.34. The second-order valence-electron chi connectivity index (χ2n) is 5.37. The molecule has 1 N–H and O–H groups in total. The molecule has 138 valence electrons. The molecule has 0 radical (unpaired) electrons. The molecule has 2 rings (SSSR count). The van der Waals surface area contributed by atoms with Crippen molar-refractivity contribution in [1.82, 2.24) is 0 Å². The molecule has 2 aromatic carbocycles. The third-order valence-corrected chi connectivity index (χ3v) is 3.82. The smallest absolute Gasteiger partial charge is 0.335 e. The molecule has 0 fully saturated rings. The minimum atomic E-state index is -1.04. The Hall–Kier alpha value is -3.06. The van der Waals surface area contributed by atoms with Crippen LogP contribution < -0.4 is 14.4 Å². The van der Waals surface area contributed by atoms with Crippen LogP contribution in [0.4, 0.5) is 5.69 Å². The summed E-state index contributed by atoms with van der Waals surface area (Å²) < 4.78 is 15.6. The average molecular weight is 359 g/mol. The van der Waals surface area contributed by atoms with Crippen molar-refractivity contribution in [2.75, 3.05) is 39.4 Å². The predicted octanol–water partition coefficient (Wildman–Crippen LogP) is 2.70. The number of rotatable bonds is 8. The van der Waals surface area contributed by atoms with Crippen molar-refractivity contribution >= 4 is 17.6 Å². The van der Waals surface area contributed by atoms with E-state index < -0.39 is 5.97 Å². The summed E-state index contributed by atoms with van der Waals surface area (Å²) in [7, 11) is 4.61. The summed E-state index contributed by atoms with van der Waals surface area (Å²) in [5.41, 5.74) is 1.11. The second kappa shape index (κ2) is 8.87. The SMILES string of the molecule is COCCN(C(=O)c1ccc(C(=O)O)cc1)c1ccc(OC)c(OC)c1. The fraction of sp³-hybridized carbons (Fsp3) is 0.263. The number of nitrogens with zero attached hydrogens (tertiary/aromatic N) is 1. The standard InChI is InChI=1S/C19H21NO6/c1-24-11-10-20(15-8-9-16(25-2)17(12-15)26-3)18(21)13-4-6-14(7-5-13)19(22)23/h4-9,12H,10-11H2,1-3H3,(H,22,23). The molecule has 7 heteroatoms. The van der Waals surface area contributed by atoms with E-state index in [4.69, 9.17) is 19.3 Å². The molecule has 0 saturated carbocycles. The highest BCUT2D eigenvalue weighted by Gasteiger charge is 2.19. The van der Waals surface area contributed by atoms with Gasteiger partial charge in [0.2, 0.25) is 0 Å². The number of amides is 1. The molecule has 0 saturated heterocycles. The quantitative estimate of drug-likeness (QED) is 0.780. The molecule has 0 aliphatic rings. The molecule has 2 aromatic rings. The Balaban J connectivity index is 2.37. The number of ether oxygens (including phenoxy) is 3. The maximum absolute atomic E-state index is 12.9. The summed E-state index contributed by atoms with van der Waals surface area (Å²) in [4.78, 5) is 25.5. The Morgan fingerprint density at radius 2 is 1.54 bits per heavy atom. The number of benzene rings is 2. The van der Waals surface area contributed by atoms with Gasteiger partial charge in [0, 0.05) is 31.0 Å². The van der Waals surface area contributed by atoms with Crippen molar-refractivity contribution in [2.45, 2.75) is 0 Å². The van der Waals surface area contributed by atoms with Crippen LogP contribution in [0.2, 0.25) is 0 Å². The summed E-state index contributed by atoms with van der Waals surface area (Å²) in [6, 6.07) is 11.0. The van der Waals surface area contributed by atoms with Crippen LogP contribution in [-0.2, 0) is 4.74 Å². The Kier molecular flexibility index (Phi) is 6.57. The molecule has 0 aliphatic carbocycles. The van der Waals surface area contributed by atoms with Gasteiger partial charge in [-0.1, -0.05) is 0 Å². The van der Waals surface area contributed by atoms with Crippen LogP contribution in [0.5, 0.6) is 11.5 Å². The Morgan fingerprint density at radius 3 is 2.08 bits per heavy atom. The first-order valence-electron chi connectivity index (χ1n) is 7.88. The van der Waals surface area contributed by atoms with Gasteiger partial charge >= 0.3 is 5.97 Å². The van der Waals surface area contributed by atoms with Crippen LogP contribution in [-0.4, -0.2) is 51.5 Å². The molecule has 26 heavy (non-hydrogen) atoms. The number of methoxy groups -OCH3 is 3. The third kappa shape index (κ3) is 4.31. The molecule has 0 aromatic heterocycles. The van der Waals surface area contributed by atoms with Gasteiger partial charge in [0.25, 0.3) is 5.91 Å². The minimum Gasteiger partial charge on any atom is -0.493 e.